The van der Waals surface area contributed by atoms with Crippen molar-refractivity contribution in [2.75, 3.05) is 31.8 Å². The monoisotopic (exact) mass is 683 g/mol. The van der Waals surface area contributed by atoms with E-state index in [4.69, 9.17) is 39.0 Å². The third-order valence-electron chi connectivity index (χ3n) is 9.02. The molecular weight excluding hydrogens is 656 g/mol. The fourth-order valence-corrected chi connectivity index (χ4v) is 8.86. The van der Waals surface area contributed by atoms with Crippen LogP contribution in [0, 0.1) is 11.3 Å². The number of nitrogens with one attached hydrogen (secondary N) is 1. The Bertz CT molecular complexity index is 1990. The summed E-state index contributed by atoms with van der Waals surface area (Å²) in [5.74, 6) is -0.468. The number of phosphoric acid groups is 1. The first-order valence-electron chi connectivity index (χ1n) is 13.9. The largest absolute Gasteiger partial charge is 0.472 e. The van der Waals surface area contributed by atoms with Gasteiger partial charge in [-0.2, -0.15) is 9.67 Å². The number of aromatic nitrogens is 9. The number of nitrogens with two attached hydrogens (primary N) is 2. The number of anilines is 2. The van der Waals surface area contributed by atoms with Gasteiger partial charge in [0, 0.05) is 12.5 Å². The Morgan fingerprint density at radius 2 is 2.07 bits per heavy atom. The molecule has 2 bridgehead atoms. The number of hydrogen-bond acceptors (Lipinski definition) is 18. The van der Waals surface area contributed by atoms with Crippen LogP contribution in [0.2, 0.25) is 0 Å². The van der Waals surface area contributed by atoms with Crippen LogP contribution in [0.15, 0.2) is 17.4 Å². The minimum absolute atomic E-state index is 0.101. The molecule has 2 aliphatic carbocycles. The average Bonchev–Trinajstić information content (AvgIpc) is 3.31. The molecule has 4 fully saturated rings. The van der Waals surface area contributed by atoms with Crippen molar-refractivity contribution in [3.8, 4) is 0 Å². The number of fused-ring (bicyclic) bond motifs is 4. The summed E-state index contributed by atoms with van der Waals surface area (Å²) in [5, 5.41) is 19.3. The molecule has 246 valence electrons. The molecule has 22 nitrogen and oxygen atoms in total. The molecule has 1 spiro atoms. The Morgan fingerprint density at radius 3 is 2.87 bits per heavy atom. The van der Waals surface area contributed by atoms with Gasteiger partial charge in [0.25, 0.3) is 5.56 Å². The van der Waals surface area contributed by atoms with E-state index in [1.54, 1.807) is 4.57 Å². The Balaban J connectivity index is 1.13. The first-order chi connectivity index (χ1) is 22.0. The van der Waals surface area contributed by atoms with Crippen LogP contribution < -0.4 is 17.0 Å². The lowest BCUT2D eigenvalue weighted by molar-refractivity contribution is -0.0641. The van der Waals surface area contributed by atoms with E-state index in [9.17, 15) is 23.9 Å². The minimum Gasteiger partial charge on any atom is -0.388 e. The summed E-state index contributed by atoms with van der Waals surface area (Å²) >= 11 is 0. The lowest BCUT2D eigenvalue weighted by Crippen LogP contribution is -2.37. The summed E-state index contributed by atoms with van der Waals surface area (Å²) in [5.41, 5.74) is 10.3. The topological polar surface area (TPSA) is 302 Å². The fourth-order valence-electron chi connectivity index (χ4n) is 6.92. The van der Waals surface area contributed by atoms with Crippen LogP contribution in [0.25, 0.3) is 22.3 Å². The Morgan fingerprint density at radius 1 is 1.24 bits per heavy atom. The molecule has 11 atom stereocenters. The molecule has 0 amide bonds. The smallest absolute Gasteiger partial charge is 0.388 e. The first-order valence-corrected chi connectivity index (χ1v) is 16.6. The zero-order chi connectivity index (χ0) is 32.1. The zero-order valence-corrected chi connectivity index (χ0v) is 25.5. The summed E-state index contributed by atoms with van der Waals surface area (Å²) < 4.78 is 63.7. The maximum absolute atomic E-state index is 13.5. The van der Waals surface area contributed by atoms with E-state index in [0.29, 0.717) is 17.6 Å². The lowest BCUT2D eigenvalue weighted by Gasteiger charge is -2.29. The molecule has 46 heavy (non-hydrogen) atoms. The van der Waals surface area contributed by atoms with E-state index in [1.807, 2.05) is 0 Å². The van der Waals surface area contributed by atoms with Crippen molar-refractivity contribution in [3.05, 3.63) is 23.0 Å². The van der Waals surface area contributed by atoms with E-state index in [-0.39, 0.29) is 28.8 Å². The van der Waals surface area contributed by atoms with Crippen molar-refractivity contribution < 1.29 is 46.7 Å². The number of aliphatic hydroxyl groups excluding tert-OH is 1. The molecule has 7 N–H and O–H groups in total. The third-order valence-corrected chi connectivity index (χ3v) is 10.8. The molecule has 8 rings (SSSR count). The van der Waals surface area contributed by atoms with Crippen molar-refractivity contribution in [1.29, 1.82) is 0 Å². The van der Waals surface area contributed by atoms with E-state index in [0.717, 1.165) is 4.68 Å². The number of phosphoric ester groups is 1. The molecule has 0 radical (unpaired) electrons. The van der Waals surface area contributed by atoms with Gasteiger partial charge in [0.2, 0.25) is 5.95 Å². The average molecular weight is 683 g/mol. The maximum atomic E-state index is 13.5. The number of rotatable bonds is 3. The number of aliphatic hydroxyl groups is 1. The van der Waals surface area contributed by atoms with Gasteiger partial charge >= 0.3 is 16.1 Å². The van der Waals surface area contributed by atoms with Gasteiger partial charge < -0.3 is 44.6 Å². The summed E-state index contributed by atoms with van der Waals surface area (Å²) in [7, 11) is -6.95. The van der Waals surface area contributed by atoms with Crippen molar-refractivity contribution in [3.63, 3.8) is 0 Å². The molecule has 2 aliphatic heterocycles. The molecule has 4 aromatic rings. The van der Waals surface area contributed by atoms with E-state index in [2.05, 4.69) is 35.2 Å². The SMILES string of the molecule is CO[C@H]1[C@H]2OP(=O)(O)OC[C@@]34C[C@@H]3[C@@H](n3cnc5c(N)ncnc53)[C@H](O)[C@@H]4O[PH](=O)OC[C@H]1O[C@H]2n1nnc2c(=O)[nH]c(N)nc21. The van der Waals surface area contributed by atoms with Gasteiger partial charge in [0.15, 0.2) is 28.9 Å². The lowest BCUT2D eigenvalue weighted by atomic mass is 10.0. The summed E-state index contributed by atoms with van der Waals surface area (Å²) in [6, 6.07) is -0.694. The van der Waals surface area contributed by atoms with Crippen LogP contribution in [0.5, 0.6) is 0 Å². The van der Waals surface area contributed by atoms with Gasteiger partial charge in [0.1, 0.15) is 42.4 Å². The van der Waals surface area contributed by atoms with Gasteiger partial charge in [-0.1, -0.05) is 5.21 Å². The number of ether oxygens (including phenoxy) is 2. The second kappa shape index (κ2) is 10.5. The second-order valence-electron chi connectivity index (χ2n) is 11.4. The number of hydrogen-bond donors (Lipinski definition) is 5. The predicted octanol–water partition coefficient (Wildman–Crippen LogP) is -1.34. The minimum atomic E-state index is -4.93. The molecule has 2 unspecified atom stereocenters. The van der Waals surface area contributed by atoms with Crippen LogP contribution in [-0.2, 0) is 36.7 Å². The maximum Gasteiger partial charge on any atom is 0.472 e. The van der Waals surface area contributed by atoms with Crippen LogP contribution in [0.4, 0.5) is 11.8 Å². The zero-order valence-electron chi connectivity index (χ0n) is 23.6. The van der Waals surface area contributed by atoms with Crippen molar-refractivity contribution >= 4 is 50.2 Å². The number of nitrogens with zero attached hydrogens (tertiary/aromatic N) is 8. The van der Waals surface area contributed by atoms with Gasteiger partial charge in [-0.3, -0.25) is 23.4 Å². The first kappa shape index (κ1) is 29.9. The van der Waals surface area contributed by atoms with Crippen LogP contribution in [0.3, 0.4) is 0 Å². The van der Waals surface area contributed by atoms with Crippen molar-refractivity contribution in [1.82, 2.24) is 44.5 Å². The third kappa shape index (κ3) is 4.52. The normalized spacial score (nSPS) is 39.4. The van der Waals surface area contributed by atoms with Gasteiger partial charge in [0.05, 0.1) is 25.6 Å². The Kier molecular flexibility index (Phi) is 6.86. The highest BCUT2D eigenvalue weighted by molar-refractivity contribution is 7.47. The second-order valence-corrected chi connectivity index (χ2v) is 13.9. The van der Waals surface area contributed by atoms with Crippen LogP contribution >= 0.6 is 16.1 Å². The highest BCUT2D eigenvalue weighted by Crippen LogP contribution is 2.71. The number of methoxy groups -OCH3 is 1. The van der Waals surface area contributed by atoms with E-state index < -0.39 is 83.1 Å². The molecule has 24 heteroatoms. The van der Waals surface area contributed by atoms with Crippen molar-refractivity contribution in [2.24, 2.45) is 11.3 Å². The number of aromatic amines is 1. The molecule has 2 saturated carbocycles. The summed E-state index contributed by atoms with van der Waals surface area (Å²) in [4.78, 5) is 42.2. The number of H-pyrrole nitrogens is 1. The highest BCUT2D eigenvalue weighted by atomic mass is 31.2. The number of imidazole rings is 1. The van der Waals surface area contributed by atoms with Crippen LogP contribution in [-0.4, -0.2) is 105 Å². The molecule has 4 aromatic heterocycles. The van der Waals surface area contributed by atoms with E-state index >= 15 is 0 Å². The quantitative estimate of drug-likeness (QED) is 0.156. The number of nitrogen functional groups attached to an aromatic ring is 2. The Hall–Kier alpha value is -3.43. The predicted molar refractivity (Wildman–Crippen MR) is 151 cm³/mol. The van der Waals surface area contributed by atoms with Gasteiger partial charge in [-0.25, -0.2) is 19.5 Å². The molecule has 0 aromatic carbocycles. The standard InChI is InChI=1S/C22H27N11O11P2/c1-39-13-8-3-40-45(36)43-15-12(34)11(32-6-27-9-16(23)25-5-26-17(9)32)7-2-22(7,15)4-41-46(37,38)44-14(13)20(42-8)33-18-10(30-31-33)19(35)29-21(24)28-18/h5-8,11-15,20,34,45H,2-4H2,1H3,(H,37,38)(H2,23,25,26)(H3,24,28,29,35)/t7-,8-,11-,12+,13-,14-,15+,20-,22+/m1/s1. The molecule has 4 aliphatic rings. The highest BCUT2D eigenvalue weighted by Gasteiger charge is 2.73. The van der Waals surface area contributed by atoms with Gasteiger partial charge in [-0.15, -0.1) is 5.10 Å². The van der Waals surface area contributed by atoms with Gasteiger partial charge in [-0.05, 0) is 12.3 Å². The molecule has 2 saturated heterocycles. The summed E-state index contributed by atoms with van der Waals surface area (Å²) in [6.07, 6.45) is -4.25. The van der Waals surface area contributed by atoms with E-state index in [1.165, 1.54) is 19.8 Å². The van der Waals surface area contributed by atoms with Crippen LogP contribution in [0.1, 0.15) is 18.7 Å². The summed E-state index contributed by atoms with van der Waals surface area (Å²) in [6.45, 7) is -0.821. The fraction of sp³-hybridized carbons (Fsp3) is 0.591. The Labute approximate surface area is 256 Å². The molecule has 6 heterocycles. The molecular formula is C22H27N11O11P2. The van der Waals surface area contributed by atoms with Crippen molar-refractivity contribution in [2.45, 2.75) is 49.2 Å².